The van der Waals surface area contributed by atoms with Gasteiger partial charge in [-0.05, 0) is 56.7 Å². The van der Waals surface area contributed by atoms with Crippen LogP contribution in [0.15, 0.2) is 24.3 Å². The minimum atomic E-state index is -0.980. The van der Waals surface area contributed by atoms with Crippen molar-refractivity contribution in [3.8, 4) is 5.75 Å². The number of ether oxygens (including phenoxy) is 1. The van der Waals surface area contributed by atoms with Crippen molar-refractivity contribution < 1.29 is 34.1 Å². The third-order valence-electron chi connectivity index (χ3n) is 6.72. The monoisotopic (exact) mass is 519 g/mol. The predicted octanol–water partition coefficient (Wildman–Crippen LogP) is 1.57. The van der Waals surface area contributed by atoms with Crippen LogP contribution in [0.2, 0.25) is 0 Å². The van der Waals surface area contributed by atoms with Crippen LogP contribution in [0.4, 0.5) is 0 Å². The standard InChI is InChI=1S/C27H41N3O7/c1-16(2)11-20(13-24(33)22(28)12-19-5-7-21(31)8-6-19)25(34)29-17(3)23(32)9-10-27(14-37-15-27)30-18(4)26(35)36/h5-8,16-18,20,22,30-31H,9-15,28H2,1-4H3,(H,29,34)(H,35,36)/t17-,18-,20+,22-/m0/s1. The number of phenols is 1. The maximum atomic E-state index is 13.1. The maximum absolute atomic E-state index is 13.1. The van der Waals surface area contributed by atoms with Crippen LogP contribution in [0.3, 0.4) is 0 Å². The normalized spacial score (nSPS) is 17.8. The third-order valence-corrected chi connectivity index (χ3v) is 6.72. The lowest BCUT2D eigenvalue weighted by Crippen LogP contribution is -2.64. The fourth-order valence-corrected chi connectivity index (χ4v) is 4.41. The Morgan fingerprint density at radius 3 is 2.16 bits per heavy atom. The summed E-state index contributed by atoms with van der Waals surface area (Å²) in [5.41, 5.74) is 6.36. The van der Waals surface area contributed by atoms with E-state index in [1.807, 2.05) is 13.8 Å². The Labute approximate surface area is 218 Å². The van der Waals surface area contributed by atoms with Gasteiger partial charge in [0, 0.05) is 18.8 Å². The number of phenolic OH excluding ortho intramolecular Hbond substituents is 1. The number of hydrogen-bond acceptors (Lipinski definition) is 8. The van der Waals surface area contributed by atoms with Gasteiger partial charge in [-0.25, -0.2) is 0 Å². The van der Waals surface area contributed by atoms with Gasteiger partial charge >= 0.3 is 5.97 Å². The Morgan fingerprint density at radius 1 is 1.03 bits per heavy atom. The molecule has 1 aliphatic rings. The van der Waals surface area contributed by atoms with E-state index in [-0.39, 0.29) is 42.0 Å². The van der Waals surface area contributed by atoms with Gasteiger partial charge in [0.15, 0.2) is 11.6 Å². The number of rotatable bonds is 16. The Bertz CT molecular complexity index is 944. The van der Waals surface area contributed by atoms with Crippen LogP contribution in [0.5, 0.6) is 5.75 Å². The Morgan fingerprint density at radius 2 is 1.65 bits per heavy atom. The van der Waals surface area contributed by atoms with Gasteiger partial charge in [-0.2, -0.15) is 0 Å². The van der Waals surface area contributed by atoms with E-state index in [0.717, 1.165) is 5.56 Å². The van der Waals surface area contributed by atoms with E-state index in [9.17, 15) is 24.3 Å². The highest BCUT2D eigenvalue weighted by atomic mass is 16.5. The second-order valence-corrected chi connectivity index (χ2v) is 10.6. The number of amides is 1. The van der Waals surface area contributed by atoms with Crippen molar-refractivity contribution in [3.05, 3.63) is 29.8 Å². The fraction of sp³-hybridized carbons (Fsp3) is 0.630. The minimum Gasteiger partial charge on any atom is -0.508 e. The molecule has 2 rings (SSSR count). The van der Waals surface area contributed by atoms with Crippen molar-refractivity contribution in [1.82, 2.24) is 10.6 Å². The number of nitrogens with two attached hydrogens (primary N) is 1. The van der Waals surface area contributed by atoms with E-state index in [0.29, 0.717) is 32.5 Å². The van der Waals surface area contributed by atoms with E-state index in [1.54, 1.807) is 26.0 Å². The number of aromatic hydroxyl groups is 1. The fourth-order valence-electron chi connectivity index (χ4n) is 4.41. The Hall–Kier alpha value is -2.82. The van der Waals surface area contributed by atoms with E-state index in [2.05, 4.69) is 10.6 Å². The predicted molar refractivity (Wildman–Crippen MR) is 138 cm³/mol. The molecule has 0 aliphatic carbocycles. The SMILES string of the molecule is CC(C)C[C@H](CC(=O)[C@@H](N)Cc1ccc(O)cc1)C(=O)N[C@@H](C)C(=O)CCC1(N[C@@H](C)C(=O)O)COC1. The average molecular weight is 520 g/mol. The summed E-state index contributed by atoms with van der Waals surface area (Å²) < 4.78 is 5.25. The van der Waals surface area contributed by atoms with Gasteiger partial charge in [-0.3, -0.25) is 24.5 Å². The first kappa shape index (κ1) is 30.4. The largest absolute Gasteiger partial charge is 0.508 e. The molecule has 4 atom stereocenters. The van der Waals surface area contributed by atoms with Crippen LogP contribution in [0.1, 0.15) is 58.9 Å². The summed E-state index contributed by atoms with van der Waals surface area (Å²) in [6, 6.07) is 4.15. The molecule has 0 bridgehead atoms. The van der Waals surface area contributed by atoms with E-state index in [4.69, 9.17) is 15.6 Å². The van der Waals surface area contributed by atoms with E-state index >= 15 is 0 Å². The second kappa shape index (κ2) is 13.6. The topological polar surface area (TPSA) is 168 Å². The van der Waals surface area contributed by atoms with Crippen molar-refractivity contribution in [3.63, 3.8) is 0 Å². The van der Waals surface area contributed by atoms with Crippen LogP contribution < -0.4 is 16.4 Å². The highest BCUT2D eigenvalue weighted by molar-refractivity contribution is 5.93. The summed E-state index contributed by atoms with van der Waals surface area (Å²) in [7, 11) is 0. The number of carboxylic acids is 1. The van der Waals surface area contributed by atoms with Gasteiger partial charge in [0.2, 0.25) is 5.91 Å². The number of carbonyl (C=O) groups is 4. The molecule has 6 N–H and O–H groups in total. The number of ketones is 2. The summed E-state index contributed by atoms with van der Waals surface area (Å²) >= 11 is 0. The molecule has 1 aromatic rings. The number of carbonyl (C=O) groups excluding carboxylic acids is 3. The van der Waals surface area contributed by atoms with Gasteiger partial charge < -0.3 is 26.0 Å². The maximum Gasteiger partial charge on any atom is 0.320 e. The number of nitrogens with one attached hydrogen (secondary N) is 2. The van der Waals surface area contributed by atoms with Crippen molar-refractivity contribution in [1.29, 1.82) is 0 Å². The molecule has 1 aromatic carbocycles. The summed E-state index contributed by atoms with van der Waals surface area (Å²) in [6.45, 7) is 7.72. The first-order valence-electron chi connectivity index (χ1n) is 12.8. The number of Topliss-reactive ketones (excluding diaryl/α,β-unsaturated/α-hetero) is 2. The number of carboxylic acid groups (broad SMARTS) is 1. The molecule has 1 fully saturated rings. The van der Waals surface area contributed by atoms with Crippen molar-refractivity contribution in [2.75, 3.05) is 13.2 Å². The molecule has 0 unspecified atom stereocenters. The van der Waals surface area contributed by atoms with Gasteiger partial charge in [-0.15, -0.1) is 0 Å². The second-order valence-electron chi connectivity index (χ2n) is 10.6. The number of benzene rings is 1. The molecule has 0 saturated carbocycles. The zero-order valence-corrected chi connectivity index (χ0v) is 22.2. The Kier molecular flexibility index (Phi) is 11.2. The van der Waals surface area contributed by atoms with Gasteiger partial charge in [0.25, 0.3) is 0 Å². The molecule has 0 aromatic heterocycles. The zero-order valence-electron chi connectivity index (χ0n) is 22.2. The van der Waals surface area contributed by atoms with Crippen LogP contribution in [0.25, 0.3) is 0 Å². The lowest BCUT2D eigenvalue weighted by molar-refractivity contribution is -0.143. The Balaban J connectivity index is 1.92. The first-order valence-corrected chi connectivity index (χ1v) is 12.8. The van der Waals surface area contributed by atoms with Crippen LogP contribution in [-0.2, 0) is 30.3 Å². The molecule has 206 valence electrons. The number of aliphatic carboxylic acids is 1. The van der Waals surface area contributed by atoms with Crippen molar-refractivity contribution in [2.45, 2.75) is 83.5 Å². The molecule has 10 nitrogen and oxygen atoms in total. The molecule has 0 radical (unpaired) electrons. The quantitative estimate of drug-likeness (QED) is 0.218. The first-order chi connectivity index (χ1) is 17.3. The van der Waals surface area contributed by atoms with E-state index < -0.39 is 35.6 Å². The van der Waals surface area contributed by atoms with Gasteiger partial charge in [-0.1, -0.05) is 26.0 Å². The lowest BCUT2D eigenvalue weighted by Gasteiger charge is -2.43. The molecule has 1 aliphatic heterocycles. The van der Waals surface area contributed by atoms with Crippen LogP contribution in [0, 0.1) is 11.8 Å². The van der Waals surface area contributed by atoms with E-state index in [1.165, 1.54) is 12.1 Å². The molecule has 10 heteroatoms. The van der Waals surface area contributed by atoms with Crippen molar-refractivity contribution in [2.24, 2.45) is 17.6 Å². The molecule has 0 spiro atoms. The summed E-state index contributed by atoms with van der Waals surface area (Å²) in [5.74, 6) is -2.09. The highest BCUT2D eigenvalue weighted by Gasteiger charge is 2.41. The number of hydrogen-bond donors (Lipinski definition) is 5. The minimum absolute atomic E-state index is 0.0262. The summed E-state index contributed by atoms with van der Waals surface area (Å²) in [6.07, 6.45) is 1.28. The van der Waals surface area contributed by atoms with Gasteiger partial charge in [0.05, 0.1) is 30.8 Å². The smallest absolute Gasteiger partial charge is 0.320 e. The average Bonchev–Trinajstić information content (AvgIpc) is 2.80. The van der Waals surface area contributed by atoms with Crippen LogP contribution >= 0.6 is 0 Å². The van der Waals surface area contributed by atoms with Crippen LogP contribution in [-0.4, -0.2) is 70.5 Å². The molecular weight excluding hydrogens is 478 g/mol. The summed E-state index contributed by atoms with van der Waals surface area (Å²) in [5, 5.41) is 24.4. The van der Waals surface area contributed by atoms with Gasteiger partial charge in [0.1, 0.15) is 11.8 Å². The third kappa shape index (κ3) is 9.53. The summed E-state index contributed by atoms with van der Waals surface area (Å²) in [4.78, 5) is 49.9. The van der Waals surface area contributed by atoms with Crippen molar-refractivity contribution >= 4 is 23.4 Å². The molecular formula is C27H41N3O7. The zero-order chi connectivity index (χ0) is 27.8. The highest BCUT2D eigenvalue weighted by Crippen LogP contribution is 2.24. The molecule has 37 heavy (non-hydrogen) atoms. The molecule has 1 heterocycles. The molecule has 1 amide bonds. The lowest BCUT2D eigenvalue weighted by atomic mass is 9.87. The molecule has 1 saturated heterocycles.